The summed E-state index contributed by atoms with van der Waals surface area (Å²) in [5, 5.41) is 0. The first-order chi connectivity index (χ1) is 12.0. The molecule has 1 aliphatic carbocycles. The van der Waals surface area contributed by atoms with Crippen LogP contribution in [0.2, 0.25) is 0 Å². The summed E-state index contributed by atoms with van der Waals surface area (Å²) in [6.07, 6.45) is 0. The lowest BCUT2D eigenvalue weighted by molar-refractivity contribution is 0.0980. The van der Waals surface area contributed by atoms with Crippen LogP contribution >= 0.6 is 0 Å². The Morgan fingerprint density at radius 3 is 1.80 bits per heavy atom. The molecule has 4 rings (SSSR count). The van der Waals surface area contributed by atoms with Crippen LogP contribution in [0.25, 0.3) is 11.1 Å². The van der Waals surface area contributed by atoms with Gasteiger partial charge in [0.1, 0.15) is 0 Å². The van der Waals surface area contributed by atoms with Crippen LogP contribution in [0.5, 0.6) is 0 Å². The van der Waals surface area contributed by atoms with Gasteiger partial charge in [-0.15, -0.1) is 0 Å². The van der Waals surface area contributed by atoms with E-state index in [1.807, 2.05) is 0 Å². The summed E-state index contributed by atoms with van der Waals surface area (Å²) in [4.78, 5) is 26.1. The van der Waals surface area contributed by atoms with Gasteiger partial charge in [-0.25, -0.2) is 0 Å². The molecule has 0 atom stereocenters. The maximum atomic E-state index is 13.1. The first-order valence-electron chi connectivity index (χ1n) is 7.75. The lowest BCUT2D eigenvalue weighted by atomic mass is 9.79. The van der Waals surface area contributed by atoms with Gasteiger partial charge in [0.25, 0.3) is 0 Å². The Morgan fingerprint density at radius 2 is 1.20 bits per heavy atom. The Kier molecular flexibility index (Phi) is 3.12. The molecule has 1 aliphatic rings. The quantitative estimate of drug-likeness (QED) is 0.465. The zero-order chi connectivity index (χ0) is 17.7. The number of hydrogen-bond donors (Lipinski definition) is 3. The second-order valence-corrected chi connectivity index (χ2v) is 6.00. The fraction of sp³-hybridized carbons (Fsp3) is 0. The lowest BCUT2D eigenvalue weighted by Gasteiger charge is -2.23. The van der Waals surface area contributed by atoms with Gasteiger partial charge in [-0.3, -0.25) is 9.59 Å². The van der Waals surface area contributed by atoms with Gasteiger partial charge >= 0.3 is 0 Å². The Bertz CT molecular complexity index is 1050. The Balaban J connectivity index is 2.07. The minimum Gasteiger partial charge on any atom is -0.399 e. The molecule has 0 spiro atoms. The molecule has 0 aromatic heterocycles. The summed E-state index contributed by atoms with van der Waals surface area (Å²) in [7, 11) is 0. The molecule has 0 saturated carbocycles. The number of carbonyl (C=O) groups is 2. The third-order valence-electron chi connectivity index (χ3n) is 4.49. The van der Waals surface area contributed by atoms with Crippen LogP contribution in [0.4, 0.5) is 17.1 Å². The first-order valence-corrected chi connectivity index (χ1v) is 7.75. The highest BCUT2D eigenvalue weighted by molar-refractivity contribution is 6.32. The maximum absolute atomic E-state index is 13.1. The number of anilines is 3. The van der Waals surface area contributed by atoms with Gasteiger partial charge in [0.15, 0.2) is 11.6 Å². The van der Waals surface area contributed by atoms with E-state index in [0.29, 0.717) is 27.9 Å². The van der Waals surface area contributed by atoms with Gasteiger partial charge in [0.2, 0.25) is 0 Å². The van der Waals surface area contributed by atoms with Gasteiger partial charge < -0.3 is 17.2 Å². The summed E-state index contributed by atoms with van der Waals surface area (Å²) in [5.74, 6) is -0.518. The zero-order valence-corrected chi connectivity index (χ0v) is 13.2. The average Bonchev–Trinajstić information content (AvgIpc) is 2.62. The number of nitrogens with two attached hydrogens (primary N) is 3. The molecule has 0 heterocycles. The molecule has 0 aliphatic heterocycles. The van der Waals surface area contributed by atoms with Crippen molar-refractivity contribution in [1.82, 2.24) is 0 Å². The fourth-order valence-corrected chi connectivity index (χ4v) is 3.23. The average molecular weight is 329 g/mol. The molecule has 5 nitrogen and oxygen atoms in total. The van der Waals surface area contributed by atoms with Crippen molar-refractivity contribution in [2.45, 2.75) is 0 Å². The lowest BCUT2D eigenvalue weighted by Crippen LogP contribution is -2.24. The highest BCUT2D eigenvalue weighted by Crippen LogP contribution is 2.40. The molecule has 0 amide bonds. The van der Waals surface area contributed by atoms with Crippen LogP contribution in [0.3, 0.4) is 0 Å². The molecule has 0 saturated heterocycles. The van der Waals surface area contributed by atoms with Crippen molar-refractivity contribution in [1.29, 1.82) is 0 Å². The van der Waals surface area contributed by atoms with Crippen molar-refractivity contribution < 1.29 is 9.59 Å². The van der Waals surface area contributed by atoms with E-state index in [4.69, 9.17) is 17.2 Å². The van der Waals surface area contributed by atoms with Gasteiger partial charge in [-0.2, -0.15) is 0 Å². The molecule has 0 bridgehead atoms. The third-order valence-corrected chi connectivity index (χ3v) is 4.49. The molecule has 25 heavy (non-hydrogen) atoms. The van der Waals surface area contributed by atoms with Crippen LogP contribution < -0.4 is 17.2 Å². The van der Waals surface area contributed by atoms with Crippen molar-refractivity contribution in [2.24, 2.45) is 0 Å². The topological polar surface area (TPSA) is 112 Å². The number of hydrogen-bond acceptors (Lipinski definition) is 5. The predicted molar refractivity (Wildman–Crippen MR) is 98.4 cm³/mol. The van der Waals surface area contributed by atoms with E-state index in [9.17, 15) is 9.59 Å². The van der Waals surface area contributed by atoms with Crippen molar-refractivity contribution in [3.05, 3.63) is 76.9 Å². The van der Waals surface area contributed by atoms with Gasteiger partial charge in [0.05, 0.1) is 16.9 Å². The smallest absolute Gasteiger partial charge is 0.196 e. The number of carbonyl (C=O) groups excluding carboxylic acids is 2. The van der Waals surface area contributed by atoms with Gasteiger partial charge in [-0.05, 0) is 29.3 Å². The number of rotatable bonds is 1. The summed E-state index contributed by atoms with van der Waals surface area (Å²) in [6, 6.07) is 15.4. The highest BCUT2D eigenvalue weighted by Gasteiger charge is 2.34. The Hall–Kier alpha value is -3.60. The molecule has 0 radical (unpaired) electrons. The summed E-state index contributed by atoms with van der Waals surface area (Å²) >= 11 is 0. The maximum Gasteiger partial charge on any atom is 0.196 e. The molecule has 3 aromatic rings. The molecule has 5 heteroatoms. The fourth-order valence-electron chi connectivity index (χ4n) is 3.23. The zero-order valence-electron chi connectivity index (χ0n) is 13.2. The van der Waals surface area contributed by atoms with E-state index in [-0.39, 0.29) is 28.5 Å². The van der Waals surface area contributed by atoms with E-state index >= 15 is 0 Å². The van der Waals surface area contributed by atoms with Crippen LogP contribution in [-0.2, 0) is 0 Å². The van der Waals surface area contributed by atoms with Gasteiger partial charge in [-0.1, -0.05) is 36.4 Å². The van der Waals surface area contributed by atoms with Crippen LogP contribution in [-0.4, -0.2) is 11.6 Å². The molecular weight excluding hydrogens is 314 g/mol. The van der Waals surface area contributed by atoms with E-state index in [2.05, 4.69) is 0 Å². The molecule has 3 aromatic carbocycles. The van der Waals surface area contributed by atoms with Crippen LogP contribution in [0.15, 0.2) is 54.6 Å². The minimum atomic E-state index is -0.285. The number of benzene rings is 3. The van der Waals surface area contributed by atoms with E-state index < -0.39 is 0 Å². The summed E-state index contributed by atoms with van der Waals surface area (Å²) in [6.45, 7) is 0. The Labute approximate surface area is 144 Å². The minimum absolute atomic E-state index is 0.141. The van der Waals surface area contributed by atoms with Crippen molar-refractivity contribution in [3.63, 3.8) is 0 Å². The van der Waals surface area contributed by atoms with Crippen molar-refractivity contribution >= 4 is 28.6 Å². The van der Waals surface area contributed by atoms with Crippen LogP contribution in [0.1, 0.15) is 31.8 Å². The summed E-state index contributed by atoms with van der Waals surface area (Å²) in [5.41, 5.74) is 21.4. The second kappa shape index (κ2) is 5.21. The number of ketones is 2. The van der Waals surface area contributed by atoms with Gasteiger partial charge in [0, 0.05) is 22.4 Å². The first kappa shape index (κ1) is 15.0. The molecular formula is C20H15N3O2. The van der Waals surface area contributed by atoms with Crippen LogP contribution in [0, 0.1) is 0 Å². The second-order valence-electron chi connectivity index (χ2n) is 6.00. The standard InChI is InChI=1S/C20H15N3O2/c21-11-7-5-10(6-8-11)14-9-15(22)18(23)17-16(14)19(24)12-3-1-2-4-13(12)20(17)25/h1-9H,21-23H2. The van der Waals surface area contributed by atoms with Crippen molar-refractivity contribution in [2.75, 3.05) is 17.2 Å². The molecule has 0 unspecified atom stereocenters. The van der Waals surface area contributed by atoms with E-state index in [1.54, 1.807) is 54.6 Å². The van der Waals surface area contributed by atoms with E-state index in [0.717, 1.165) is 5.56 Å². The summed E-state index contributed by atoms with van der Waals surface area (Å²) < 4.78 is 0. The SMILES string of the molecule is Nc1ccc(-c2cc(N)c(N)c3c2C(=O)c2ccccc2C3=O)cc1. The molecule has 6 N–H and O–H groups in total. The van der Waals surface area contributed by atoms with E-state index in [1.165, 1.54) is 0 Å². The Morgan fingerprint density at radius 1 is 0.640 bits per heavy atom. The predicted octanol–water partition coefficient (Wildman–Crippen LogP) is 2.88. The largest absolute Gasteiger partial charge is 0.399 e. The normalized spacial score (nSPS) is 12.6. The third kappa shape index (κ3) is 2.10. The molecule has 0 fully saturated rings. The number of fused-ring (bicyclic) bond motifs is 2. The van der Waals surface area contributed by atoms with Crippen molar-refractivity contribution in [3.8, 4) is 11.1 Å². The number of nitrogen functional groups attached to an aromatic ring is 3. The molecule has 122 valence electrons. The highest BCUT2D eigenvalue weighted by atomic mass is 16.1. The monoisotopic (exact) mass is 329 g/mol.